The van der Waals surface area contributed by atoms with E-state index >= 15 is 0 Å². The van der Waals surface area contributed by atoms with E-state index in [0.29, 0.717) is 16.6 Å². The number of thiophene rings is 1. The van der Waals surface area contributed by atoms with Crippen LogP contribution in [0, 0.1) is 6.92 Å². The van der Waals surface area contributed by atoms with E-state index in [1.165, 1.54) is 16.2 Å². The summed E-state index contributed by atoms with van der Waals surface area (Å²) in [6, 6.07) is 11.2. The van der Waals surface area contributed by atoms with Crippen molar-refractivity contribution >= 4 is 34.8 Å². The Morgan fingerprint density at radius 3 is 2.52 bits per heavy atom. The van der Waals surface area contributed by atoms with Crippen molar-refractivity contribution < 1.29 is 19.1 Å². The number of hydrogen-bond acceptors (Lipinski definition) is 5. The largest absolute Gasteiger partial charge is 0.493 e. The molecule has 0 radical (unpaired) electrons. The molecule has 1 aromatic heterocycles. The Bertz CT molecular complexity index is 714. The van der Waals surface area contributed by atoms with Crippen LogP contribution in [0.25, 0.3) is 0 Å². The number of amides is 1. The predicted molar refractivity (Wildman–Crippen MR) is 98.1 cm³/mol. The fourth-order valence-electron chi connectivity index (χ4n) is 1.97. The molecule has 0 fully saturated rings. The van der Waals surface area contributed by atoms with Gasteiger partial charge in [-0.1, -0.05) is 29.3 Å². The first-order chi connectivity index (χ1) is 11.9. The third-order valence-electron chi connectivity index (χ3n) is 3.40. The molecule has 0 saturated heterocycles. The Kier molecular flexibility index (Phi) is 7.28. The number of nitrogens with zero attached hydrogens (tertiary/aromatic N) is 1. The van der Waals surface area contributed by atoms with Crippen molar-refractivity contribution in [2.24, 2.45) is 0 Å². The summed E-state index contributed by atoms with van der Waals surface area (Å²) in [5.74, 6) is -0.0332. The summed E-state index contributed by atoms with van der Waals surface area (Å²) >= 11 is 7.28. The second-order valence-electron chi connectivity index (χ2n) is 5.53. The Hall–Kier alpha value is -2.05. The monoisotopic (exact) mass is 381 g/mol. The van der Waals surface area contributed by atoms with Crippen molar-refractivity contribution in [3.8, 4) is 5.75 Å². The summed E-state index contributed by atoms with van der Waals surface area (Å²) in [6.07, 6.45) is 0.0887. The zero-order chi connectivity index (χ0) is 18.2. The summed E-state index contributed by atoms with van der Waals surface area (Å²) < 4.78 is 11.1. The highest BCUT2D eigenvalue weighted by Crippen LogP contribution is 2.22. The van der Waals surface area contributed by atoms with Gasteiger partial charge >= 0.3 is 5.97 Å². The van der Waals surface area contributed by atoms with E-state index in [2.05, 4.69) is 0 Å². The number of rotatable bonds is 8. The zero-order valence-corrected chi connectivity index (χ0v) is 15.7. The average Bonchev–Trinajstić information content (AvgIpc) is 2.99. The molecule has 5 nitrogen and oxygen atoms in total. The number of likely N-dealkylation sites (N-methyl/N-ethyl adjacent to an activating group) is 1. The lowest BCUT2D eigenvalue weighted by molar-refractivity contribution is -0.152. The molecule has 2 aromatic rings. The molecule has 0 atom stereocenters. The van der Waals surface area contributed by atoms with E-state index in [9.17, 15) is 9.59 Å². The minimum atomic E-state index is -0.465. The molecule has 25 heavy (non-hydrogen) atoms. The van der Waals surface area contributed by atoms with Crippen LogP contribution in [0.4, 0.5) is 0 Å². The van der Waals surface area contributed by atoms with E-state index in [0.717, 1.165) is 10.4 Å². The Morgan fingerprint density at radius 2 is 1.88 bits per heavy atom. The highest BCUT2D eigenvalue weighted by atomic mass is 35.5. The van der Waals surface area contributed by atoms with E-state index in [-0.39, 0.29) is 25.5 Å². The molecule has 2 rings (SSSR count). The summed E-state index contributed by atoms with van der Waals surface area (Å²) in [5.41, 5.74) is 1.14. The Balaban J connectivity index is 1.64. The maximum absolute atomic E-state index is 12.0. The quantitative estimate of drug-likeness (QED) is 0.654. The van der Waals surface area contributed by atoms with Crippen molar-refractivity contribution in [3.05, 3.63) is 51.2 Å². The van der Waals surface area contributed by atoms with Crippen LogP contribution in [0.5, 0.6) is 5.75 Å². The number of hydrogen-bond donors (Lipinski definition) is 0. The highest BCUT2D eigenvalue weighted by molar-refractivity contribution is 7.16. The summed E-state index contributed by atoms with van der Waals surface area (Å²) in [4.78, 5) is 26.1. The lowest BCUT2D eigenvalue weighted by Crippen LogP contribution is -2.30. The molecule has 1 aromatic carbocycles. The normalized spacial score (nSPS) is 10.4. The number of ether oxygens (including phenoxy) is 2. The molecule has 0 aliphatic carbocycles. The van der Waals surface area contributed by atoms with Crippen molar-refractivity contribution in [1.82, 2.24) is 4.90 Å². The second kappa shape index (κ2) is 9.44. The van der Waals surface area contributed by atoms with Crippen LogP contribution >= 0.6 is 22.9 Å². The highest BCUT2D eigenvalue weighted by Gasteiger charge is 2.13. The van der Waals surface area contributed by atoms with Gasteiger partial charge < -0.3 is 14.4 Å². The lowest BCUT2D eigenvalue weighted by Gasteiger charge is -2.16. The SMILES string of the molecule is Cc1ccc(OCCC(=O)OCC(=O)N(C)Cc2ccc(Cl)s2)cc1. The topological polar surface area (TPSA) is 55.8 Å². The Morgan fingerprint density at radius 1 is 1.16 bits per heavy atom. The Labute approximate surface area is 156 Å². The first-order valence-corrected chi connectivity index (χ1v) is 8.97. The van der Waals surface area contributed by atoms with Crippen LogP contribution < -0.4 is 4.74 Å². The van der Waals surface area contributed by atoms with Crippen LogP contribution in [0.3, 0.4) is 0 Å². The second-order valence-corrected chi connectivity index (χ2v) is 7.33. The van der Waals surface area contributed by atoms with Crippen LogP contribution in [-0.2, 0) is 20.9 Å². The molecule has 0 unspecified atom stereocenters. The van der Waals surface area contributed by atoms with Gasteiger partial charge in [0, 0.05) is 11.9 Å². The molecule has 134 valence electrons. The smallest absolute Gasteiger partial charge is 0.309 e. The number of aryl methyl sites for hydroxylation is 1. The maximum atomic E-state index is 12.0. The van der Waals surface area contributed by atoms with Crippen LogP contribution in [-0.4, -0.2) is 37.0 Å². The summed E-state index contributed by atoms with van der Waals surface area (Å²) in [7, 11) is 1.66. The molecular weight excluding hydrogens is 362 g/mol. The minimum absolute atomic E-state index is 0.0887. The summed E-state index contributed by atoms with van der Waals surface area (Å²) in [5, 5.41) is 0. The third kappa shape index (κ3) is 6.76. The van der Waals surface area contributed by atoms with E-state index in [1.807, 2.05) is 37.3 Å². The van der Waals surface area contributed by atoms with Gasteiger partial charge in [-0.25, -0.2) is 0 Å². The van der Waals surface area contributed by atoms with E-state index in [1.54, 1.807) is 13.1 Å². The van der Waals surface area contributed by atoms with Gasteiger partial charge in [-0.2, -0.15) is 0 Å². The lowest BCUT2D eigenvalue weighted by atomic mass is 10.2. The molecular formula is C18H20ClNO4S. The van der Waals surface area contributed by atoms with Crippen LogP contribution in [0.1, 0.15) is 16.9 Å². The first kappa shape index (κ1) is 19.3. The molecule has 0 spiro atoms. The van der Waals surface area contributed by atoms with E-state index in [4.69, 9.17) is 21.1 Å². The van der Waals surface area contributed by atoms with Crippen molar-refractivity contribution in [2.45, 2.75) is 19.9 Å². The summed E-state index contributed by atoms with van der Waals surface area (Å²) in [6.45, 7) is 2.35. The first-order valence-electron chi connectivity index (χ1n) is 7.77. The number of halogens is 1. The molecule has 1 heterocycles. The number of esters is 1. The predicted octanol–water partition coefficient (Wildman–Crippen LogP) is 3.68. The van der Waals surface area contributed by atoms with Gasteiger partial charge in [0.05, 0.1) is 23.9 Å². The number of benzene rings is 1. The minimum Gasteiger partial charge on any atom is -0.493 e. The van der Waals surface area contributed by atoms with Gasteiger partial charge in [-0.3, -0.25) is 9.59 Å². The molecule has 0 aliphatic rings. The maximum Gasteiger partial charge on any atom is 0.309 e. The third-order valence-corrected chi connectivity index (χ3v) is 4.62. The van der Waals surface area contributed by atoms with Crippen molar-refractivity contribution in [2.75, 3.05) is 20.3 Å². The molecule has 0 N–H and O–H groups in total. The van der Waals surface area contributed by atoms with Gasteiger partial charge in [0.1, 0.15) is 5.75 Å². The van der Waals surface area contributed by atoms with Gasteiger partial charge in [0.25, 0.3) is 5.91 Å². The van der Waals surface area contributed by atoms with E-state index < -0.39 is 5.97 Å². The van der Waals surface area contributed by atoms with Gasteiger partial charge in [-0.05, 0) is 31.2 Å². The van der Waals surface area contributed by atoms with Crippen molar-refractivity contribution in [1.29, 1.82) is 0 Å². The van der Waals surface area contributed by atoms with Gasteiger partial charge in [-0.15, -0.1) is 11.3 Å². The fraction of sp³-hybridized carbons (Fsp3) is 0.333. The van der Waals surface area contributed by atoms with Crippen LogP contribution in [0.2, 0.25) is 4.34 Å². The standard InChI is InChI=1S/C18H20ClNO4S/c1-13-3-5-14(6-4-13)23-10-9-18(22)24-12-17(21)20(2)11-15-7-8-16(19)25-15/h3-8H,9-12H2,1-2H3. The average molecular weight is 382 g/mol. The molecule has 1 amide bonds. The zero-order valence-electron chi connectivity index (χ0n) is 14.2. The number of carbonyl (C=O) groups is 2. The van der Waals surface area contributed by atoms with Crippen LogP contribution in [0.15, 0.2) is 36.4 Å². The van der Waals surface area contributed by atoms with Gasteiger partial charge in [0.2, 0.25) is 0 Å². The molecule has 7 heteroatoms. The van der Waals surface area contributed by atoms with Crippen molar-refractivity contribution in [3.63, 3.8) is 0 Å². The van der Waals surface area contributed by atoms with Gasteiger partial charge in [0.15, 0.2) is 6.61 Å². The molecule has 0 saturated carbocycles. The molecule has 0 aliphatic heterocycles. The molecule has 0 bridgehead atoms. The fourth-order valence-corrected chi connectivity index (χ4v) is 3.11. The number of carbonyl (C=O) groups excluding carboxylic acids is 2.